The van der Waals surface area contributed by atoms with Gasteiger partial charge in [-0.25, -0.2) is 0 Å². The van der Waals surface area contributed by atoms with Gasteiger partial charge in [0.15, 0.2) is 0 Å². The Morgan fingerprint density at radius 3 is 2.57 bits per heavy atom. The topological polar surface area (TPSA) is 84.2 Å². The summed E-state index contributed by atoms with van der Waals surface area (Å²) in [7, 11) is 0. The predicted molar refractivity (Wildman–Crippen MR) is 87.8 cm³/mol. The van der Waals surface area contributed by atoms with Crippen LogP contribution in [0.4, 0.5) is 5.69 Å². The molecule has 1 aromatic rings. The minimum Gasteiger partial charge on any atom is -0.351 e. The van der Waals surface area contributed by atoms with Crippen molar-refractivity contribution in [2.75, 3.05) is 18.4 Å². The highest BCUT2D eigenvalue weighted by atomic mass is 35.5. The largest absolute Gasteiger partial charge is 0.351 e. The standard InChI is InChI=1S/C15H23N3O2.ClH/c1-3-6-11(2)14(19)18-13-8-5-4-7-12(13)15(20)17-10-9-16;/h4-5,7-8,11H,3,6,9-10,16H2,1-2H3,(H,17,20)(H,18,19);1H. The summed E-state index contributed by atoms with van der Waals surface area (Å²) in [5.74, 6) is -0.361. The average Bonchev–Trinajstić information content (AvgIpc) is 2.45. The number of nitrogens with one attached hydrogen (secondary N) is 2. The third-order valence-electron chi connectivity index (χ3n) is 3.03. The second-order valence-corrected chi connectivity index (χ2v) is 4.77. The molecule has 0 heterocycles. The van der Waals surface area contributed by atoms with E-state index in [-0.39, 0.29) is 30.1 Å². The molecule has 0 aliphatic rings. The van der Waals surface area contributed by atoms with Gasteiger partial charge >= 0.3 is 0 Å². The summed E-state index contributed by atoms with van der Waals surface area (Å²) in [6.45, 7) is 4.72. The van der Waals surface area contributed by atoms with Crippen LogP contribution in [-0.4, -0.2) is 24.9 Å². The molecule has 6 heteroatoms. The van der Waals surface area contributed by atoms with Crippen LogP contribution in [0.3, 0.4) is 0 Å². The first-order valence-electron chi connectivity index (χ1n) is 6.98. The smallest absolute Gasteiger partial charge is 0.253 e. The Bertz CT molecular complexity index is 466. The Hall–Kier alpha value is -1.59. The van der Waals surface area contributed by atoms with Gasteiger partial charge in [0.25, 0.3) is 5.91 Å². The zero-order valence-electron chi connectivity index (χ0n) is 12.5. The van der Waals surface area contributed by atoms with Gasteiger partial charge in [-0.3, -0.25) is 9.59 Å². The highest BCUT2D eigenvalue weighted by Crippen LogP contribution is 2.17. The van der Waals surface area contributed by atoms with Crippen LogP contribution in [0.2, 0.25) is 0 Å². The molecule has 0 spiro atoms. The highest BCUT2D eigenvalue weighted by molar-refractivity contribution is 6.04. The van der Waals surface area contributed by atoms with Crippen LogP contribution in [0.25, 0.3) is 0 Å². The molecule has 0 aromatic heterocycles. The van der Waals surface area contributed by atoms with Crippen molar-refractivity contribution >= 4 is 29.9 Å². The molecule has 21 heavy (non-hydrogen) atoms. The molecular formula is C15H24ClN3O2. The fourth-order valence-electron chi connectivity index (χ4n) is 1.89. The number of rotatable bonds is 7. The normalized spacial score (nSPS) is 11.2. The maximum Gasteiger partial charge on any atom is 0.253 e. The van der Waals surface area contributed by atoms with E-state index in [9.17, 15) is 9.59 Å². The number of amides is 2. The molecule has 4 N–H and O–H groups in total. The molecule has 118 valence electrons. The summed E-state index contributed by atoms with van der Waals surface area (Å²) < 4.78 is 0. The van der Waals surface area contributed by atoms with E-state index < -0.39 is 0 Å². The minimum absolute atomic E-state index is 0. The van der Waals surface area contributed by atoms with Gasteiger partial charge in [-0.05, 0) is 18.6 Å². The Morgan fingerprint density at radius 2 is 1.95 bits per heavy atom. The molecule has 0 bridgehead atoms. The second-order valence-electron chi connectivity index (χ2n) is 4.77. The van der Waals surface area contributed by atoms with Crippen LogP contribution in [0.1, 0.15) is 37.0 Å². The van der Waals surface area contributed by atoms with Gasteiger partial charge in [0, 0.05) is 19.0 Å². The first-order chi connectivity index (χ1) is 9.60. The molecule has 0 aliphatic carbocycles. The lowest BCUT2D eigenvalue weighted by atomic mass is 10.0. The van der Waals surface area contributed by atoms with Crippen LogP contribution in [0.15, 0.2) is 24.3 Å². The number of halogens is 1. The van der Waals surface area contributed by atoms with Gasteiger partial charge in [-0.2, -0.15) is 0 Å². The van der Waals surface area contributed by atoms with E-state index in [2.05, 4.69) is 10.6 Å². The minimum atomic E-state index is -0.227. The first-order valence-corrected chi connectivity index (χ1v) is 6.98. The number of para-hydroxylation sites is 1. The van der Waals surface area contributed by atoms with Crippen LogP contribution >= 0.6 is 12.4 Å². The lowest BCUT2D eigenvalue weighted by Crippen LogP contribution is -2.30. The van der Waals surface area contributed by atoms with Crippen molar-refractivity contribution in [3.8, 4) is 0 Å². The molecule has 0 saturated heterocycles. The molecule has 1 aromatic carbocycles. The summed E-state index contributed by atoms with van der Waals surface area (Å²) in [6, 6.07) is 6.97. The molecule has 1 unspecified atom stereocenters. The molecule has 5 nitrogen and oxygen atoms in total. The molecule has 1 atom stereocenters. The van der Waals surface area contributed by atoms with Crippen molar-refractivity contribution in [3.05, 3.63) is 29.8 Å². The maximum atomic E-state index is 12.0. The van der Waals surface area contributed by atoms with Gasteiger partial charge in [0.2, 0.25) is 5.91 Å². The molecule has 2 amide bonds. The van der Waals surface area contributed by atoms with Crippen molar-refractivity contribution in [2.45, 2.75) is 26.7 Å². The first kappa shape index (κ1) is 19.4. The summed E-state index contributed by atoms with van der Waals surface area (Å²) in [5.41, 5.74) is 6.36. The summed E-state index contributed by atoms with van der Waals surface area (Å²) in [5, 5.41) is 5.52. The third-order valence-corrected chi connectivity index (χ3v) is 3.03. The van der Waals surface area contributed by atoms with Crippen LogP contribution in [0.5, 0.6) is 0 Å². The number of nitrogens with two attached hydrogens (primary N) is 1. The summed E-state index contributed by atoms with van der Waals surface area (Å²) in [6.07, 6.45) is 1.78. The summed E-state index contributed by atoms with van der Waals surface area (Å²) >= 11 is 0. The Kier molecular flexibility index (Phi) is 9.41. The summed E-state index contributed by atoms with van der Waals surface area (Å²) in [4.78, 5) is 24.0. The van der Waals surface area contributed by atoms with E-state index >= 15 is 0 Å². The maximum absolute atomic E-state index is 12.0. The average molecular weight is 314 g/mol. The second kappa shape index (κ2) is 10.2. The molecule has 0 aliphatic heterocycles. The molecular weight excluding hydrogens is 290 g/mol. The van der Waals surface area contributed by atoms with Gasteiger partial charge < -0.3 is 16.4 Å². The predicted octanol–water partition coefficient (Wildman–Crippen LogP) is 2.17. The van der Waals surface area contributed by atoms with E-state index in [1.807, 2.05) is 13.8 Å². The Balaban J connectivity index is 0.00000400. The number of hydrogen-bond acceptors (Lipinski definition) is 3. The number of hydrogen-bond donors (Lipinski definition) is 3. The zero-order chi connectivity index (χ0) is 15.0. The number of anilines is 1. The molecule has 1 rings (SSSR count). The Labute approximate surface area is 132 Å². The van der Waals surface area contributed by atoms with Crippen molar-refractivity contribution in [2.24, 2.45) is 11.7 Å². The van der Waals surface area contributed by atoms with E-state index in [4.69, 9.17) is 5.73 Å². The van der Waals surface area contributed by atoms with Crippen molar-refractivity contribution < 1.29 is 9.59 Å². The van der Waals surface area contributed by atoms with E-state index in [0.717, 1.165) is 12.8 Å². The van der Waals surface area contributed by atoms with Gasteiger partial charge in [-0.1, -0.05) is 32.4 Å². The third kappa shape index (κ3) is 6.14. The van der Waals surface area contributed by atoms with Gasteiger partial charge in [0.1, 0.15) is 0 Å². The SMILES string of the molecule is CCCC(C)C(=O)Nc1ccccc1C(=O)NCCN.Cl. The van der Waals surface area contributed by atoms with Crippen molar-refractivity contribution in [1.29, 1.82) is 0 Å². The molecule has 0 radical (unpaired) electrons. The zero-order valence-corrected chi connectivity index (χ0v) is 13.3. The van der Waals surface area contributed by atoms with Crippen LogP contribution in [0, 0.1) is 5.92 Å². The van der Waals surface area contributed by atoms with Crippen LogP contribution < -0.4 is 16.4 Å². The van der Waals surface area contributed by atoms with E-state index in [0.29, 0.717) is 24.3 Å². The van der Waals surface area contributed by atoms with Crippen molar-refractivity contribution in [3.63, 3.8) is 0 Å². The highest BCUT2D eigenvalue weighted by Gasteiger charge is 2.16. The van der Waals surface area contributed by atoms with E-state index in [1.165, 1.54) is 0 Å². The van der Waals surface area contributed by atoms with Gasteiger partial charge in [-0.15, -0.1) is 12.4 Å². The number of benzene rings is 1. The van der Waals surface area contributed by atoms with Gasteiger partial charge in [0.05, 0.1) is 11.3 Å². The van der Waals surface area contributed by atoms with Crippen molar-refractivity contribution in [1.82, 2.24) is 5.32 Å². The fraction of sp³-hybridized carbons (Fsp3) is 0.467. The Morgan fingerprint density at radius 1 is 1.29 bits per heavy atom. The number of carbonyl (C=O) groups excluding carboxylic acids is 2. The fourth-order valence-corrected chi connectivity index (χ4v) is 1.89. The lowest BCUT2D eigenvalue weighted by molar-refractivity contribution is -0.119. The number of carbonyl (C=O) groups is 2. The molecule has 0 fully saturated rings. The lowest BCUT2D eigenvalue weighted by Gasteiger charge is -2.14. The molecule has 0 saturated carbocycles. The monoisotopic (exact) mass is 313 g/mol. The van der Waals surface area contributed by atoms with E-state index in [1.54, 1.807) is 24.3 Å². The quantitative estimate of drug-likeness (QED) is 0.721. The van der Waals surface area contributed by atoms with Crippen LogP contribution in [-0.2, 0) is 4.79 Å².